The third-order valence-corrected chi connectivity index (χ3v) is 14.9. The number of aliphatic hydroxyl groups excluding tert-OH is 2. The minimum atomic E-state index is -0.697. The molecule has 2 saturated heterocycles. The third-order valence-electron chi connectivity index (χ3n) is 14.9. The molecule has 2 heterocycles. The van der Waals surface area contributed by atoms with E-state index < -0.39 is 30.2 Å². The maximum absolute atomic E-state index is 12.1. The number of rotatable bonds is 11. The van der Waals surface area contributed by atoms with Crippen LogP contribution in [0.5, 0.6) is 0 Å². The Morgan fingerprint density at radius 2 is 1.63 bits per heavy atom. The largest absolute Gasteiger partial charge is 0.391 e. The molecule has 10 unspecified atom stereocenters. The predicted octanol–water partition coefficient (Wildman–Crippen LogP) is 5.70. The highest BCUT2D eigenvalue weighted by Gasteiger charge is 2.66. The number of hydrogen-bond donors (Lipinski definition) is 3. The first-order chi connectivity index (χ1) is 23.2. The normalized spacial score (nSPS) is 50.5. The van der Waals surface area contributed by atoms with Crippen LogP contribution in [-0.4, -0.2) is 104 Å². The van der Waals surface area contributed by atoms with Gasteiger partial charge in [0.05, 0.1) is 56.2 Å². The predicted molar refractivity (Wildman–Crippen MR) is 187 cm³/mol. The Morgan fingerprint density at radius 1 is 0.878 bits per heavy atom. The fourth-order valence-electron chi connectivity index (χ4n) is 11.8. The average Bonchev–Trinajstić information content (AvgIpc) is 3.37. The van der Waals surface area contributed by atoms with Crippen LogP contribution < -0.4 is 0 Å². The van der Waals surface area contributed by atoms with Crippen molar-refractivity contribution in [3.05, 3.63) is 0 Å². The molecule has 2 aliphatic heterocycles. The van der Waals surface area contributed by atoms with Gasteiger partial charge in [-0.25, -0.2) is 0 Å². The van der Waals surface area contributed by atoms with Crippen molar-refractivity contribution in [1.82, 2.24) is 0 Å². The van der Waals surface area contributed by atoms with Crippen molar-refractivity contribution in [2.24, 2.45) is 34.5 Å². The molecule has 0 amide bonds. The molecule has 9 nitrogen and oxygen atoms in total. The van der Waals surface area contributed by atoms with Gasteiger partial charge in [-0.05, 0) is 119 Å². The van der Waals surface area contributed by atoms with E-state index in [9.17, 15) is 15.3 Å². The Balaban J connectivity index is 0.943. The highest BCUT2D eigenvalue weighted by molar-refractivity contribution is 6.12. The quantitative estimate of drug-likeness (QED) is 0.186. The standard InChI is InChI=1S/C39H67BO9/c1-22(35(44-7)23(2)41)14-18-45-36-25(4)47-34(21-30(36)42)49-31-11-12-33(46-24(31)3)48-27-13-17-37(5)26(19-27)9-10-28-29(37)20-32(40)38(6)15-8-16-39(28,38)43/h22-36,41-43H,8-21H2,1-7H3/t22-,23-,24+,25+,26?,27?,28?,29?,30-,31?,32?,33?,34?,35-,36?,37-,38-,39?/m0/s1. The molecule has 280 valence electrons. The summed E-state index contributed by atoms with van der Waals surface area (Å²) in [7, 11) is 8.49. The number of hydrogen-bond acceptors (Lipinski definition) is 9. The molecular weight excluding hydrogens is 623 g/mol. The summed E-state index contributed by atoms with van der Waals surface area (Å²) in [5, 5.41) is 33.0. The Hall–Kier alpha value is -0.295. The summed E-state index contributed by atoms with van der Waals surface area (Å²) in [4.78, 5) is 0. The lowest BCUT2D eigenvalue weighted by Gasteiger charge is -2.65. The molecule has 18 atom stereocenters. The fourth-order valence-corrected chi connectivity index (χ4v) is 11.8. The topological polar surface area (TPSA) is 116 Å². The molecule has 6 fully saturated rings. The molecule has 6 rings (SSSR count). The van der Waals surface area contributed by atoms with E-state index in [-0.39, 0.29) is 59.4 Å². The summed E-state index contributed by atoms with van der Waals surface area (Å²) in [6.45, 7) is 12.9. The molecule has 49 heavy (non-hydrogen) atoms. The maximum atomic E-state index is 12.1. The van der Waals surface area contributed by atoms with E-state index in [1.54, 1.807) is 14.0 Å². The van der Waals surface area contributed by atoms with E-state index in [4.69, 9.17) is 36.3 Å². The number of ether oxygens (including phenoxy) is 6. The monoisotopic (exact) mass is 690 g/mol. The fraction of sp³-hybridized carbons (Fsp3) is 1.00. The number of fused-ring (bicyclic) bond motifs is 5. The molecule has 0 aromatic heterocycles. The van der Waals surface area contributed by atoms with Gasteiger partial charge in [-0.2, -0.15) is 0 Å². The molecule has 0 bridgehead atoms. The molecule has 6 aliphatic rings. The van der Waals surface area contributed by atoms with Crippen molar-refractivity contribution >= 4 is 7.85 Å². The lowest BCUT2D eigenvalue weighted by atomic mass is 9.39. The van der Waals surface area contributed by atoms with Crippen LogP contribution >= 0.6 is 0 Å². The van der Waals surface area contributed by atoms with Gasteiger partial charge >= 0.3 is 0 Å². The molecule has 2 radical (unpaired) electrons. The summed E-state index contributed by atoms with van der Waals surface area (Å²) >= 11 is 0. The second-order valence-electron chi connectivity index (χ2n) is 17.7. The minimum Gasteiger partial charge on any atom is -0.391 e. The highest BCUT2D eigenvalue weighted by atomic mass is 16.7. The maximum Gasteiger partial charge on any atom is 0.161 e. The van der Waals surface area contributed by atoms with Crippen LogP contribution in [0, 0.1) is 34.5 Å². The van der Waals surface area contributed by atoms with E-state index in [0.29, 0.717) is 37.2 Å². The Kier molecular flexibility index (Phi) is 11.9. The summed E-state index contributed by atoms with van der Waals surface area (Å²) in [6, 6.07) is 0. The molecule has 0 aromatic rings. The Bertz CT molecular complexity index is 1080. The van der Waals surface area contributed by atoms with Crippen LogP contribution in [-0.2, 0) is 28.4 Å². The van der Waals surface area contributed by atoms with Gasteiger partial charge in [0.15, 0.2) is 12.6 Å². The first-order valence-corrected chi connectivity index (χ1v) is 19.8. The van der Waals surface area contributed by atoms with Gasteiger partial charge in [0.1, 0.15) is 6.10 Å². The van der Waals surface area contributed by atoms with Gasteiger partial charge < -0.3 is 43.7 Å². The lowest BCUT2D eigenvalue weighted by molar-refractivity contribution is -0.303. The van der Waals surface area contributed by atoms with Gasteiger partial charge in [0.25, 0.3) is 0 Å². The van der Waals surface area contributed by atoms with Gasteiger partial charge in [-0.3, -0.25) is 0 Å². The molecule has 4 saturated carbocycles. The summed E-state index contributed by atoms with van der Waals surface area (Å²) < 4.78 is 37.1. The molecular formula is C39H67BO9. The van der Waals surface area contributed by atoms with Gasteiger partial charge in [-0.1, -0.05) is 33.0 Å². The van der Waals surface area contributed by atoms with E-state index in [0.717, 1.165) is 70.6 Å². The van der Waals surface area contributed by atoms with Crippen molar-refractivity contribution in [3.8, 4) is 0 Å². The van der Waals surface area contributed by atoms with E-state index in [2.05, 4.69) is 13.8 Å². The first-order valence-electron chi connectivity index (χ1n) is 19.8. The molecule has 4 aliphatic carbocycles. The van der Waals surface area contributed by atoms with Gasteiger partial charge in [0, 0.05) is 26.6 Å². The van der Waals surface area contributed by atoms with Crippen molar-refractivity contribution in [2.45, 2.75) is 198 Å². The summed E-state index contributed by atoms with van der Waals surface area (Å²) in [5.41, 5.74) is -0.542. The zero-order chi connectivity index (χ0) is 35.3. The Labute approximate surface area is 297 Å². The van der Waals surface area contributed by atoms with Crippen LogP contribution in [0.15, 0.2) is 0 Å². The summed E-state index contributed by atoms with van der Waals surface area (Å²) in [6.07, 6.45) is 9.07. The molecule has 10 heteroatoms. The Morgan fingerprint density at radius 3 is 2.33 bits per heavy atom. The van der Waals surface area contributed by atoms with Crippen LogP contribution in [0.3, 0.4) is 0 Å². The SMILES string of the molecule is [B]C1CC2C(CCC3CC(OC4CCC(OC5C[C@H](O)C(OCC[C@H](C)[C@H](OC)[C@H](C)O)[C@@H](C)O5)[C@@H](C)O4)CC[C@@]32C)C2(O)CCC[C@@]12C. The van der Waals surface area contributed by atoms with Gasteiger partial charge in [0.2, 0.25) is 0 Å². The third kappa shape index (κ3) is 7.32. The second kappa shape index (κ2) is 15.2. The van der Waals surface area contributed by atoms with Crippen LogP contribution in [0.4, 0.5) is 0 Å². The van der Waals surface area contributed by atoms with Crippen molar-refractivity contribution in [1.29, 1.82) is 0 Å². The number of aliphatic hydroxyl groups is 3. The van der Waals surface area contributed by atoms with Crippen LogP contribution in [0.1, 0.15) is 125 Å². The van der Waals surface area contributed by atoms with Crippen LogP contribution in [0.2, 0.25) is 5.82 Å². The number of methoxy groups -OCH3 is 1. The lowest BCUT2D eigenvalue weighted by Crippen LogP contribution is -2.63. The minimum absolute atomic E-state index is 0.0730. The van der Waals surface area contributed by atoms with E-state index >= 15 is 0 Å². The highest BCUT2D eigenvalue weighted by Crippen LogP contribution is 2.70. The van der Waals surface area contributed by atoms with E-state index in [1.807, 2.05) is 20.8 Å². The zero-order valence-electron chi connectivity index (χ0n) is 31.4. The molecule has 0 aromatic carbocycles. The van der Waals surface area contributed by atoms with Gasteiger partial charge in [-0.15, -0.1) is 0 Å². The van der Waals surface area contributed by atoms with E-state index in [1.165, 1.54) is 0 Å². The van der Waals surface area contributed by atoms with Crippen molar-refractivity contribution < 1.29 is 43.7 Å². The zero-order valence-corrected chi connectivity index (χ0v) is 31.4. The summed E-state index contributed by atoms with van der Waals surface area (Å²) in [5.74, 6) is 1.63. The van der Waals surface area contributed by atoms with Crippen molar-refractivity contribution in [2.75, 3.05) is 13.7 Å². The average molecular weight is 691 g/mol. The van der Waals surface area contributed by atoms with Crippen molar-refractivity contribution in [3.63, 3.8) is 0 Å². The second-order valence-corrected chi connectivity index (χ2v) is 17.7. The first kappa shape index (κ1) is 38.4. The molecule has 0 spiro atoms. The smallest absolute Gasteiger partial charge is 0.161 e. The van der Waals surface area contributed by atoms with Crippen LogP contribution in [0.25, 0.3) is 0 Å². The molecule has 3 N–H and O–H groups in total.